The molecule has 0 saturated carbocycles. The van der Waals surface area contributed by atoms with Crippen LogP contribution in [-0.4, -0.2) is 26.9 Å². The van der Waals surface area contributed by atoms with Gasteiger partial charge in [-0.15, -0.1) is 0 Å². The smallest absolute Gasteiger partial charge is 0.257 e. The number of fused-ring (bicyclic) bond motifs is 1. The molecule has 1 N–H and O–H groups in total. The molecule has 0 radical (unpaired) electrons. The van der Waals surface area contributed by atoms with E-state index in [2.05, 4.69) is 41.2 Å². The molecule has 0 unspecified atom stereocenters. The van der Waals surface area contributed by atoms with Gasteiger partial charge in [0.1, 0.15) is 6.54 Å². The highest BCUT2D eigenvalue weighted by Crippen LogP contribution is 2.18. The molecule has 1 amide bonds. The summed E-state index contributed by atoms with van der Waals surface area (Å²) < 4.78 is 1.41. The minimum Gasteiger partial charge on any atom is -0.325 e. The summed E-state index contributed by atoms with van der Waals surface area (Å²) in [4.78, 5) is 32.2. The summed E-state index contributed by atoms with van der Waals surface area (Å²) in [5, 5.41) is 2.86. The lowest BCUT2D eigenvalue weighted by molar-refractivity contribution is -0.116. The maximum Gasteiger partial charge on any atom is 0.257 e. The number of carbonyl (C=O) groups is 1. The average molecular weight is 417 g/mol. The van der Waals surface area contributed by atoms with Gasteiger partial charge in [0, 0.05) is 30.9 Å². The second-order valence-corrected chi connectivity index (χ2v) is 8.37. The Kier molecular flexibility index (Phi) is 6.28. The number of aromatic nitrogens is 2. The van der Waals surface area contributed by atoms with Crippen LogP contribution in [0.15, 0.2) is 65.7 Å². The van der Waals surface area contributed by atoms with Gasteiger partial charge in [0.2, 0.25) is 5.91 Å². The summed E-state index contributed by atoms with van der Waals surface area (Å²) in [6.45, 7) is 6.50. The van der Waals surface area contributed by atoms with E-state index in [9.17, 15) is 9.59 Å². The van der Waals surface area contributed by atoms with Gasteiger partial charge in [-0.25, -0.2) is 4.98 Å². The third-order valence-corrected chi connectivity index (χ3v) is 5.70. The van der Waals surface area contributed by atoms with Crippen LogP contribution in [0.1, 0.15) is 42.1 Å². The Bertz CT molecular complexity index is 1100. The van der Waals surface area contributed by atoms with Crippen molar-refractivity contribution in [3.05, 3.63) is 93.7 Å². The Morgan fingerprint density at radius 3 is 2.55 bits per heavy atom. The summed E-state index contributed by atoms with van der Waals surface area (Å²) in [6.07, 6.45) is 2.14. The van der Waals surface area contributed by atoms with Crippen LogP contribution in [0.2, 0.25) is 0 Å². The van der Waals surface area contributed by atoms with E-state index in [1.54, 1.807) is 0 Å². The maximum absolute atomic E-state index is 12.9. The van der Waals surface area contributed by atoms with Crippen LogP contribution < -0.4 is 10.9 Å². The van der Waals surface area contributed by atoms with E-state index in [-0.39, 0.29) is 18.0 Å². The molecule has 0 aliphatic carbocycles. The molecule has 160 valence electrons. The maximum atomic E-state index is 12.9. The number of benzene rings is 2. The first-order chi connectivity index (χ1) is 15.0. The summed E-state index contributed by atoms with van der Waals surface area (Å²) >= 11 is 0. The van der Waals surface area contributed by atoms with E-state index in [1.165, 1.54) is 22.0 Å². The molecule has 2 aromatic carbocycles. The molecule has 1 aliphatic rings. The lowest BCUT2D eigenvalue weighted by atomic mass is 10.0. The van der Waals surface area contributed by atoms with Gasteiger partial charge in [0.05, 0.1) is 12.0 Å². The molecule has 0 spiro atoms. The highest BCUT2D eigenvalue weighted by Gasteiger charge is 2.21. The zero-order valence-corrected chi connectivity index (χ0v) is 18.0. The van der Waals surface area contributed by atoms with E-state index in [1.807, 2.05) is 42.5 Å². The molecule has 3 aromatic rings. The van der Waals surface area contributed by atoms with Crippen molar-refractivity contribution < 1.29 is 4.79 Å². The molecule has 1 aliphatic heterocycles. The van der Waals surface area contributed by atoms with Crippen LogP contribution in [0.5, 0.6) is 0 Å². The highest BCUT2D eigenvalue weighted by molar-refractivity contribution is 5.90. The van der Waals surface area contributed by atoms with E-state index in [0.717, 1.165) is 30.0 Å². The summed E-state index contributed by atoms with van der Waals surface area (Å²) in [5.41, 5.74) is 4.61. The largest absolute Gasteiger partial charge is 0.325 e. The summed E-state index contributed by atoms with van der Waals surface area (Å²) in [6, 6.07) is 18.1. The molecule has 6 heteroatoms. The molecule has 0 saturated heterocycles. The third-order valence-electron chi connectivity index (χ3n) is 5.70. The van der Waals surface area contributed by atoms with E-state index >= 15 is 0 Å². The highest BCUT2D eigenvalue weighted by atomic mass is 16.2. The van der Waals surface area contributed by atoms with Crippen molar-refractivity contribution in [2.45, 2.75) is 45.8 Å². The summed E-state index contributed by atoms with van der Waals surface area (Å²) in [5.74, 6) is 0.205. The predicted octanol–water partition coefficient (Wildman–Crippen LogP) is 3.56. The van der Waals surface area contributed by atoms with Crippen LogP contribution in [0.3, 0.4) is 0 Å². The number of carbonyl (C=O) groups excluding carboxylic acids is 1. The van der Waals surface area contributed by atoms with Crippen molar-refractivity contribution in [3.63, 3.8) is 0 Å². The van der Waals surface area contributed by atoms with Gasteiger partial charge < -0.3 is 5.32 Å². The van der Waals surface area contributed by atoms with Crippen LogP contribution in [0.25, 0.3) is 0 Å². The zero-order chi connectivity index (χ0) is 21.8. The van der Waals surface area contributed by atoms with Crippen LogP contribution >= 0.6 is 0 Å². The fourth-order valence-electron chi connectivity index (χ4n) is 3.91. The van der Waals surface area contributed by atoms with Gasteiger partial charge in [0.25, 0.3) is 5.56 Å². The van der Waals surface area contributed by atoms with Crippen molar-refractivity contribution in [2.75, 3.05) is 11.9 Å². The molecule has 6 nitrogen and oxygen atoms in total. The second kappa shape index (κ2) is 9.27. The molecule has 0 bridgehead atoms. The quantitative estimate of drug-likeness (QED) is 0.667. The molecule has 0 atom stereocenters. The van der Waals surface area contributed by atoms with Crippen molar-refractivity contribution in [1.29, 1.82) is 0 Å². The van der Waals surface area contributed by atoms with Crippen molar-refractivity contribution >= 4 is 11.6 Å². The summed E-state index contributed by atoms with van der Waals surface area (Å²) in [7, 11) is 0. The Balaban J connectivity index is 1.40. The molecular weight excluding hydrogens is 388 g/mol. The van der Waals surface area contributed by atoms with E-state index in [0.29, 0.717) is 18.9 Å². The lowest BCUT2D eigenvalue weighted by Gasteiger charge is -2.27. The monoisotopic (exact) mass is 416 g/mol. The first-order valence-electron chi connectivity index (χ1n) is 10.7. The number of nitrogens with zero attached hydrogens (tertiary/aromatic N) is 3. The predicted molar refractivity (Wildman–Crippen MR) is 122 cm³/mol. The minimum absolute atomic E-state index is 0.0429. The van der Waals surface area contributed by atoms with Gasteiger partial charge in [0.15, 0.2) is 0 Å². The second-order valence-electron chi connectivity index (χ2n) is 8.37. The molecule has 2 heterocycles. The molecule has 1 aromatic heterocycles. The van der Waals surface area contributed by atoms with Crippen molar-refractivity contribution in [2.24, 2.45) is 0 Å². The Morgan fingerprint density at radius 1 is 1.10 bits per heavy atom. The van der Waals surface area contributed by atoms with Gasteiger partial charge in [-0.1, -0.05) is 56.3 Å². The number of hydrogen-bond donors (Lipinski definition) is 1. The Labute approximate surface area is 182 Å². The third kappa shape index (κ3) is 5.09. The number of anilines is 1. The van der Waals surface area contributed by atoms with Crippen LogP contribution in [0, 0.1) is 0 Å². The molecular formula is C25H28N4O2. The molecule has 0 fully saturated rings. The Hall–Kier alpha value is -3.25. The van der Waals surface area contributed by atoms with Crippen LogP contribution in [0.4, 0.5) is 5.69 Å². The van der Waals surface area contributed by atoms with Gasteiger partial charge in [-0.3, -0.25) is 19.1 Å². The van der Waals surface area contributed by atoms with Gasteiger partial charge in [-0.05, 0) is 35.6 Å². The fourth-order valence-corrected chi connectivity index (χ4v) is 3.91. The standard InChI is InChI=1S/C25H28N4O2/c1-18(2)20-8-10-21(11-9-20)27-24(30)16-29-17-26-23-15-28(13-12-22(23)25(29)31)14-19-6-4-3-5-7-19/h3-11,17-18H,12-16H2,1-2H3,(H,27,30). The normalized spacial score (nSPS) is 13.8. The van der Waals surface area contributed by atoms with E-state index < -0.39 is 0 Å². The minimum atomic E-state index is -0.234. The molecule has 4 rings (SSSR count). The number of rotatable bonds is 6. The van der Waals surface area contributed by atoms with E-state index in [4.69, 9.17) is 0 Å². The number of hydrogen-bond acceptors (Lipinski definition) is 4. The van der Waals surface area contributed by atoms with Crippen LogP contribution in [-0.2, 0) is 30.8 Å². The van der Waals surface area contributed by atoms with Gasteiger partial charge >= 0.3 is 0 Å². The SMILES string of the molecule is CC(C)c1ccc(NC(=O)Cn2cnc3c(c2=O)CCN(Cc2ccccc2)C3)cc1. The van der Waals surface area contributed by atoms with Crippen molar-refractivity contribution in [1.82, 2.24) is 14.5 Å². The van der Waals surface area contributed by atoms with Crippen molar-refractivity contribution in [3.8, 4) is 0 Å². The van der Waals surface area contributed by atoms with Gasteiger partial charge in [-0.2, -0.15) is 0 Å². The zero-order valence-electron chi connectivity index (χ0n) is 18.0. The first kappa shape index (κ1) is 21.0. The Morgan fingerprint density at radius 2 is 1.84 bits per heavy atom. The first-order valence-corrected chi connectivity index (χ1v) is 10.7. The average Bonchev–Trinajstić information content (AvgIpc) is 2.77. The topological polar surface area (TPSA) is 67.2 Å². The lowest BCUT2D eigenvalue weighted by Crippen LogP contribution is -2.38. The number of nitrogens with one attached hydrogen (secondary N) is 1. The number of amides is 1. The fraction of sp³-hybridized carbons (Fsp3) is 0.320. The molecule has 31 heavy (non-hydrogen) atoms.